The Kier molecular flexibility index (Phi) is 3.72. The third-order valence-corrected chi connectivity index (χ3v) is 4.61. The summed E-state index contributed by atoms with van der Waals surface area (Å²) in [5.41, 5.74) is 0.843. The molecular weight excluding hydrogens is 278 g/mol. The van der Waals surface area contributed by atoms with Crippen molar-refractivity contribution >= 4 is 32.9 Å². The van der Waals surface area contributed by atoms with Crippen LogP contribution in [-0.2, 0) is 13.1 Å². The first-order valence-electron chi connectivity index (χ1n) is 6.00. The first-order chi connectivity index (χ1) is 9.34. The summed E-state index contributed by atoms with van der Waals surface area (Å²) in [6, 6.07) is 6.02. The standard InChI is InChI=1S/C13H13N3OS2/c17-13-12-11(3-7-19-12)15-9-16(13)5-4-14-8-10-2-1-6-18-10/h1-3,6-7,9,14H,4-5,8H2. The first-order valence-corrected chi connectivity index (χ1v) is 7.76. The van der Waals surface area contributed by atoms with Gasteiger partial charge in [0.2, 0.25) is 0 Å². The number of fused-ring (bicyclic) bond motifs is 1. The first kappa shape index (κ1) is 12.5. The van der Waals surface area contributed by atoms with Crippen LogP contribution in [0.1, 0.15) is 4.88 Å². The molecule has 3 rings (SSSR count). The van der Waals surface area contributed by atoms with Crippen molar-refractivity contribution in [3.63, 3.8) is 0 Å². The van der Waals surface area contributed by atoms with Gasteiger partial charge in [-0.1, -0.05) is 6.07 Å². The molecule has 0 aromatic carbocycles. The van der Waals surface area contributed by atoms with E-state index in [-0.39, 0.29) is 5.56 Å². The Hall–Kier alpha value is -1.50. The molecule has 0 saturated heterocycles. The Balaban J connectivity index is 1.62. The predicted molar refractivity (Wildman–Crippen MR) is 79.9 cm³/mol. The fraction of sp³-hybridized carbons (Fsp3) is 0.231. The Morgan fingerprint density at radius 2 is 2.21 bits per heavy atom. The maximum Gasteiger partial charge on any atom is 0.271 e. The van der Waals surface area contributed by atoms with Crippen molar-refractivity contribution in [2.24, 2.45) is 0 Å². The summed E-state index contributed by atoms with van der Waals surface area (Å²) in [4.78, 5) is 17.7. The normalized spacial score (nSPS) is 11.2. The number of thiophene rings is 2. The molecule has 0 aliphatic rings. The third-order valence-electron chi connectivity index (χ3n) is 2.84. The molecule has 3 aromatic rings. The quantitative estimate of drug-likeness (QED) is 0.734. The lowest BCUT2D eigenvalue weighted by molar-refractivity contribution is 0.585. The molecular formula is C13H13N3OS2. The molecule has 0 unspecified atom stereocenters. The zero-order valence-corrected chi connectivity index (χ0v) is 11.8. The molecule has 3 heterocycles. The molecule has 0 amide bonds. The van der Waals surface area contributed by atoms with Crippen molar-refractivity contribution in [2.45, 2.75) is 13.1 Å². The molecule has 4 nitrogen and oxygen atoms in total. The summed E-state index contributed by atoms with van der Waals surface area (Å²) in [5.74, 6) is 0. The van der Waals surface area contributed by atoms with Gasteiger partial charge in [0.05, 0.1) is 11.8 Å². The zero-order chi connectivity index (χ0) is 13.1. The van der Waals surface area contributed by atoms with E-state index in [9.17, 15) is 4.79 Å². The van der Waals surface area contributed by atoms with Crippen LogP contribution in [0.3, 0.4) is 0 Å². The minimum absolute atomic E-state index is 0.0536. The number of hydrogen-bond donors (Lipinski definition) is 1. The average Bonchev–Trinajstić information content (AvgIpc) is 3.08. The highest BCUT2D eigenvalue weighted by Gasteiger charge is 2.04. The lowest BCUT2D eigenvalue weighted by atomic mass is 10.4. The molecule has 0 radical (unpaired) electrons. The van der Waals surface area contributed by atoms with Crippen LogP contribution in [0.2, 0.25) is 0 Å². The molecule has 0 atom stereocenters. The van der Waals surface area contributed by atoms with E-state index in [1.807, 2.05) is 17.5 Å². The minimum atomic E-state index is 0.0536. The van der Waals surface area contributed by atoms with Gasteiger partial charge in [0.15, 0.2) is 0 Å². The molecule has 6 heteroatoms. The Morgan fingerprint density at radius 3 is 3.05 bits per heavy atom. The van der Waals surface area contributed by atoms with Crippen LogP contribution in [0.5, 0.6) is 0 Å². The van der Waals surface area contributed by atoms with Crippen LogP contribution in [0.25, 0.3) is 10.2 Å². The number of nitrogens with one attached hydrogen (secondary N) is 1. The van der Waals surface area contributed by atoms with Gasteiger partial charge in [0, 0.05) is 24.5 Å². The van der Waals surface area contributed by atoms with E-state index in [1.54, 1.807) is 22.2 Å². The van der Waals surface area contributed by atoms with E-state index in [2.05, 4.69) is 21.7 Å². The molecule has 1 N–H and O–H groups in total. The van der Waals surface area contributed by atoms with Gasteiger partial charge in [-0.15, -0.1) is 22.7 Å². The maximum absolute atomic E-state index is 12.1. The van der Waals surface area contributed by atoms with Crippen molar-refractivity contribution in [1.82, 2.24) is 14.9 Å². The second kappa shape index (κ2) is 5.64. The third kappa shape index (κ3) is 2.75. The van der Waals surface area contributed by atoms with Gasteiger partial charge in [-0.2, -0.15) is 0 Å². The van der Waals surface area contributed by atoms with E-state index in [4.69, 9.17) is 0 Å². The summed E-state index contributed by atoms with van der Waals surface area (Å²) in [6.45, 7) is 2.25. The molecule has 3 aromatic heterocycles. The summed E-state index contributed by atoms with van der Waals surface area (Å²) < 4.78 is 2.40. The zero-order valence-electron chi connectivity index (χ0n) is 10.2. The molecule has 0 spiro atoms. The highest BCUT2D eigenvalue weighted by Crippen LogP contribution is 2.13. The smallest absolute Gasteiger partial charge is 0.271 e. The predicted octanol–water partition coefficient (Wildman–Crippen LogP) is 2.31. The van der Waals surface area contributed by atoms with Crippen molar-refractivity contribution in [3.05, 3.63) is 50.5 Å². The van der Waals surface area contributed by atoms with Crippen molar-refractivity contribution in [2.75, 3.05) is 6.54 Å². The number of nitrogens with zero attached hydrogens (tertiary/aromatic N) is 2. The van der Waals surface area contributed by atoms with Gasteiger partial charge < -0.3 is 5.32 Å². The number of hydrogen-bond acceptors (Lipinski definition) is 5. The lowest BCUT2D eigenvalue weighted by Gasteiger charge is -2.06. The molecule has 0 fully saturated rings. The van der Waals surface area contributed by atoms with Crippen LogP contribution in [0, 0.1) is 0 Å². The number of aromatic nitrogens is 2. The minimum Gasteiger partial charge on any atom is -0.310 e. The van der Waals surface area contributed by atoms with Crippen molar-refractivity contribution < 1.29 is 0 Å². The lowest BCUT2D eigenvalue weighted by Crippen LogP contribution is -2.26. The van der Waals surface area contributed by atoms with Gasteiger partial charge in [0.1, 0.15) is 4.70 Å². The summed E-state index contributed by atoms with van der Waals surface area (Å²) in [7, 11) is 0. The van der Waals surface area contributed by atoms with Crippen molar-refractivity contribution in [3.8, 4) is 0 Å². The van der Waals surface area contributed by atoms with Crippen LogP contribution in [0.15, 0.2) is 40.1 Å². The maximum atomic E-state index is 12.1. The molecule has 0 saturated carbocycles. The van der Waals surface area contributed by atoms with Gasteiger partial charge in [-0.3, -0.25) is 9.36 Å². The molecule has 98 valence electrons. The Labute approximate surface area is 118 Å². The van der Waals surface area contributed by atoms with E-state index >= 15 is 0 Å². The van der Waals surface area contributed by atoms with Crippen LogP contribution in [0.4, 0.5) is 0 Å². The SMILES string of the molecule is O=c1c2sccc2ncn1CCNCc1cccs1. The molecule has 0 aliphatic heterocycles. The van der Waals surface area contributed by atoms with E-state index < -0.39 is 0 Å². The molecule has 19 heavy (non-hydrogen) atoms. The summed E-state index contributed by atoms with van der Waals surface area (Å²) >= 11 is 3.18. The Bertz CT molecular complexity index is 715. The van der Waals surface area contributed by atoms with Crippen molar-refractivity contribution in [1.29, 1.82) is 0 Å². The molecule has 0 bridgehead atoms. The fourth-order valence-corrected chi connectivity index (χ4v) is 3.33. The molecule has 0 aliphatic carbocycles. The van der Waals surface area contributed by atoms with E-state index in [1.165, 1.54) is 16.2 Å². The van der Waals surface area contributed by atoms with Crippen LogP contribution in [-0.4, -0.2) is 16.1 Å². The highest BCUT2D eigenvalue weighted by molar-refractivity contribution is 7.17. The van der Waals surface area contributed by atoms with Crippen LogP contribution >= 0.6 is 22.7 Å². The van der Waals surface area contributed by atoms with Gasteiger partial charge in [0.25, 0.3) is 5.56 Å². The average molecular weight is 291 g/mol. The van der Waals surface area contributed by atoms with Gasteiger partial charge in [-0.25, -0.2) is 4.98 Å². The van der Waals surface area contributed by atoms with E-state index in [0.717, 1.165) is 23.3 Å². The topological polar surface area (TPSA) is 46.9 Å². The fourth-order valence-electron chi connectivity index (χ4n) is 1.86. The summed E-state index contributed by atoms with van der Waals surface area (Å²) in [5, 5.41) is 7.30. The van der Waals surface area contributed by atoms with Gasteiger partial charge in [-0.05, 0) is 22.9 Å². The van der Waals surface area contributed by atoms with E-state index in [0.29, 0.717) is 6.54 Å². The summed E-state index contributed by atoms with van der Waals surface area (Å²) in [6.07, 6.45) is 1.63. The Morgan fingerprint density at radius 1 is 1.26 bits per heavy atom. The highest BCUT2D eigenvalue weighted by atomic mass is 32.1. The largest absolute Gasteiger partial charge is 0.310 e. The second-order valence-corrected chi connectivity index (χ2v) is 6.08. The van der Waals surface area contributed by atoms with Gasteiger partial charge >= 0.3 is 0 Å². The second-order valence-electron chi connectivity index (χ2n) is 4.13. The van der Waals surface area contributed by atoms with Crippen LogP contribution < -0.4 is 10.9 Å². The monoisotopic (exact) mass is 291 g/mol. The number of rotatable bonds is 5.